The van der Waals surface area contributed by atoms with Crippen molar-refractivity contribution in [1.29, 1.82) is 0 Å². The van der Waals surface area contributed by atoms with E-state index in [9.17, 15) is 14.5 Å². The quantitative estimate of drug-likeness (QED) is 0.449. The van der Waals surface area contributed by atoms with Crippen LogP contribution in [0.25, 0.3) is 0 Å². The third-order valence-electron chi connectivity index (χ3n) is 3.08. The molecule has 1 unspecified atom stereocenters. The fourth-order valence-corrected chi connectivity index (χ4v) is 3.19. The Balaban J connectivity index is 2.88. The summed E-state index contributed by atoms with van der Waals surface area (Å²) in [6, 6.07) is 0. The molecule has 1 heterocycles. The van der Waals surface area contributed by atoms with Gasteiger partial charge in [-0.15, -0.1) is 11.3 Å². The van der Waals surface area contributed by atoms with E-state index in [-0.39, 0.29) is 24.6 Å². The summed E-state index contributed by atoms with van der Waals surface area (Å²) in [7, 11) is 0. The van der Waals surface area contributed by atoms with Crippen LogP contribution in [0.3, 0.4) is 0 Å². The van der Waals surface area contributed by atoms with E-state index in [0.717, 1.165) is 0 Å². The molecule has 0 aliphatic heterocycles. The zero-order valence-electron chi connectivity index (χ0n) is 15.0. The van der Waals surface area contributed by atoms with Crippen LogP contribution in [0, 0.1) is 5.92 Å². The molecule has 1 aromatic heterocycles. The molecule has 0 fully saturated rings. The molecular weight excluding hydrogens is 348 g/mol. The van der Waals surface area contributed by atoms with Crippen LogP contribution in [0.5, 0.6) is 0 Å². The highest BCUT2D eigenvalue weighted by Gasteiger charge is 2.29. The van der Waals surface area contributed by atoms with Crippen LogP contribution in [0.4, 0.5) is 0 Å². The minimum Gasteiger partial charge on any atom is -0.591 e. The van der Waals surface area contributed by atoms with E-state index in [4.69, 9.17) is 4.74 Å². The van der Waals surface area contributed by atoms with Crippen molar-refractivity contribution in [3.8, 4) is 0 Å². The van der Waals surface area contributed by atoms with Gasteiger partial charge in [-0.1, -0.05) is 18.2 Å². The maximum atomic E-state index is 12.2. The Hall–Kier alpha value is -0.960. The standard InChI is InChI=1S/C16H26N2O4S2/c1-7-22-15(20)12-9-23-14(17-12)13(19)8-11(10(2)3)18-24(21)16(4,5)6/h9-10,13,19H,7-8H2,1-6H3/b18-11+/t13?,24-/m0/s1. The van der Waals surface area contributed by atoms with Crippen molar-refractivity contribution in [2.45, 2.75) is 58.8 Å². The Morgan fingerprint density at radius 3 is 2.62 bits per heavy atom. The van der Waals surface area contributed by atoms with Gasteiger partial charge in [0.15, 0.2) is 5.69 Å². The first kappa shape index (κ1) is 21.1. The maximum Gasteiger partial charge on any atom is 0.357 e. The SMILES string of the molecule is CCOC(=O)c1csc(C(O)C/C(=N\[S@@+]([O-])C(C)(C)C)C(C)C)n1. The molecule has 6 nitrogen and oxygen atoms in total. The molecule has 1 rings (SSSR count). The third kappa shape index (κ3) is 6.16. The summed E-state index contributed by atoms with van der Waals surface area (Å²) < 4.78 is 21.0. The molecule has 0 saturated heterocycles. The number of aliphatic hydroxyl groups excluding tert-OH is 1. The lowest BCUT2D eigenvalue weighted by Crippen LogP contribution is -2.28. The van der Waals surface area contributed by atoms with E-state index in [1.54, 1.807) is 12.3 Å². The molecule has 0 aromatic carbocycles. The van der Waals surface area contributed by atoms with Gasteiger partial charge >= 0.3 is 5.97 Å². The Kier molecular flexibility index (Phi) is 7.85. The molecular formula is C16H26N2O4S2. The number of nitrogens with zero attached hydrogens (tertiary/aromatic N) is 2. The average molecular weight is 375 g/mol. The number of carbonyl (C=O) groups is 1. The number of esters is 1. The molecule has 0 amide bonds. The number of hydrogen-bond donors (Lipinski definition) is 1. The summed E-state index contributed by atoms with van der Waals surface area (Å²) >= 11 is -0.183. The van der Waals surface area contributed by atoms with Gasteiger partial charge in [0.05, 0.1) is 12.3 Å². The van der Waals surface area contributed by atoms with Gasteiger partial charge in [-0.2, -0.15) is 0 Å². The average Bonchev–Trinajstić information content (AvgIpc) is 2.95. The molecule has 0 aliphatic carbocycles. The monoisotopic (exact) mass is 374 g/mol. The highest BCUT2D eigenvalue weighted by atomic mass is 32.2. The minimum atomic E-state index is -1.38. The molecule has 1 N–H and O–H groups in total. The van der Waals surface area contributed by atoms with Gasteiger partial charge in [-0.25, -0.2) is 9.78 Å². The van der Waals surface area contributed by atoms with Crippen LogP contribution in [-0.4, -0.2) is 37.7 Å². The Bertz CT molecular complexity index is 579. The fraction of sp³-hybridized carbons (Fsp3) is 0.688. The number of rotatable bonds is 7. The van der Waals surface area contributed by atoms with Gasteiger partial charge in [0.25, 0.3) is 0 Å². The van der Waals surface area contributed by atoms with Crippen molar-refractivity contribution in [1.82, 2.24) is 4.98 Å². The lowest BCUT2D eigenvalue weighted by atomic mass is 10.0. The van der Waals surface area contributed by atoms with Crippen molar-refractivity contribution in [2.24, 2.45) is 10.3 Å². The van der Waals surface area contributed by atoms with Crippen molar-refractivity contribution in [3.63, 3.8) is 0 Å². The van der Waals surface area contributed by atoms with Crippen LogP contribution in [0.1, 0.15) is 69.6 Å². The maximum absolute atomic E-state index is 12.2. The van der Waals surface area contributed by atoms with Gasteiger partial charge in [0, 0.05) is 11.8 Å². The lowest BCUT2D eigenvalue weighted by molar-refractivity contribution is 0.0519. The Morgan fingerprint density at radius 1 is 1.50 bits per heavy atom. The van der Waals surface area contributed by atoms with E-state index in [1.807, 2.05) is 34.6 Å². The minimum absolute atomic E-state index is 0.0513. The van der Waals surface area contributed by atoms with Gasteiger partial charge < -0.3 is 14.4 Å². The summed E-state index contributed by atoms with van der Waals surface area (Å²) in [5.41, 5.74) is 0.862. The molecule has 0 radical (unpaired) electrons. The summed E-state index contributed by atoms with van der Waals surface area (Å²) in [6.07, 6.45) is -0.661. The van der Waals surface area contributed by atoms with Crippen molar-refractivity contribution in [2.75, 3.05) is 6.61 Å². The Labute approximate surface area is 150 Å². The number of hydrogen-bond acceptors (Lipinski definition) is 7. The highest BCUT2D eigenvalue weighted by molar-refractivity contribution is 7.91. The second-order valence-corrected chi connectivity index (χ2v) is 9.41. The largest absolute Gasteiger partial charge is 0.591 e. The fourth-order valence-electron chi connectivity index (χ4n) is 1.65. The first-order valence-corrected chi connectivity index (χ1v) is 9.85. The number of aromatic nitrogens is 1. The first-order valence-electron chi connectivity index (χ1n) is 7.86. The van der Waals surface area contributed by atoms with Crippen LogP contribution in [0.15, 0.2) is 9.78 Å². The van der Waals surface area contributed by atoms with E-state index >= 15 is 0 Å². The number of ether oxygens (including phenoxy) is 1. The molecule has 0 spiro atoms. The number of aliphatic hydroxyl groups is 1. The third-order valence-corrected chi connectivity index (χ3v) is 5.48. The smallest absolute Gasteiger partial charge is 0.357 e. The zero-order chi connectivity index (χ0) is 18.5. The van der Waals surface area contributed by atoms with Gasteiger partial charge in [-0.3, -0.25) is 0 Å². The topological polar surface area (TPSA) is 94.8 Å². The first-order chi connectivity index (χ1) is 11.1. The van der Waals surface area contributed by atoms with Gasteiger partial charge in [-0.05, 0) is 33.6 Å². The van der Waals surface area contributed by atoms with Gasteiger partial charge in [0.2, 0.25) is 0 Å². The number of thiazole rings is 1. The van der Waals surface area contributed by atoms with E-state index < -0.39 is 28.2 Å². The molecule has 0 saturated carbocycles. The van der Waals surface area contributed by atoms with Crippen LogP contribution < -0.4 is 0 Å². The van der Waals surface area contributed by atoms with Crippen LogP contribution >= 0.6 is 11.3 Å². The molecule has 0 bridgehead atoms. The van der Waals surface area contributed by atoms with E-state index in [0.29, 0.717) is 10.7 Å². The predicted octanol–water partition coefficient (Wildman–Crippen LogP) is 3.30. The molecule has 24 heavy (non-hydrogen) atoms. The second-order valence-electron chi connectivity index (χ2n) is 6.61. The van der Waals surface area contributed by atoms with Gasteiger partial charge in [0.1, 0.15) is 27.2 Å². The normalized spacial score (nSPS) is 15.5. The highest BCUT2D eigenvalue weighted by Crippen LogP contribution is 2.25. The molecule has 0 aliphatic rings. The Morgan fingerprint density at radius 2 is 2.12 bits per heavy atom. The molecule has 8 heteroatoms. The van der Waals surface area contributed by atoms with Crippen molar-refractivity contribution >= 4 is 34.4 Å². The van der Waals surface area contributed by atoms with Crippen LogP contribution in [-0.2, 0) is 16.1 Å². The predicted molar refractivity (Wildman–Crippen MR) is 97.8 cm³/mol. The van der Waals surface area contributed by atoms with Crippen molar-refractivity contribution in [3.05, 3.63) is 16.1 Å². The number of carbonyl (C=O) groups excluding carboxylic acids is 1. The van der Waals surface area contributed by atoms with E-state index in [2.05, 4.69) is 9.38 Å². The second kappa shape index (κ2) is 8.94. The molecule has 1 aromatic rings. The van der Waals surface area contributed by atoms with Crippen LogP contribution in [0.2, 0.25) is 0 Å². The summed E-state index contributed by atoms with van der Waals surface area (Å²) in [6.45, 7) is 11.4. The summed E-state index contributed by atoms with van der Waals surface area (Å²) in [4.78, 5) is 15.8. The lowest BCUT2D eigenvalue weighted by Gasteiger charge is -2.21. The molecule has 136 valence electrons. The zero-order valence-corrected chi connectivity index (χ0v) is 16.7. The summed E-state index contributed by atoms with van der Waals surface area (Å²) in [5, 5.41) is 12.4. The summed E-state index contributed by atoms with van der Waals surface area (Å²) in [5.74, 6) is -0.450. The van der Waals surface area contributed by atoms with E-state index in [1.165, 1.54) is 11.3 Å². The van der Waals surface area contributed by atoms with Crippen molar-refractivity contribution < 1.29 is 19.2 Å². The molecule has 2 atom stereocenters.